The zero-order valence-corrected chi connectivity index (χ0v) is 11.0. The van der Waals surface area contributed by atoms with Gasteiger partial charge >= 0.3 is 0 Å². The van der Waals surface area contributed by atoms with Crippen molar-refractivity contribution in [3.05, 3.63) is 35.6 Å². The second kappa shape index (κ2) is 6.78. The lowest BCUT2D eigenvalue weighted by molar-refractivity contribution is 0.0969. The number of likely N-dealkylation sites (tertiary alicyclic amines) is 1. The van der Waals surface area contributed by atoms with Crippen molar-refractivity contribution in [3.8, 4) is 0 Å². The van der Waals surface area contributed by atoms with Crippen molar-refractivity contribution in [1.29, 1.82) is 0 Å². The summed E-state index contributed by atoms with van der Waals surface area (Å²) in [5.74, 6) is -0.265. The van der Waals surface area contributed by atoms with E-state index in [0.717, 1.165) is 32.4 Å². The Hall–Kier alpha value is -1.26. The van der Waals surface area contributed by atoms with E-state index in [9.17, 15) is 14.3 Å². The average molecular weight is 265 g/mol. The highest BCUT2D eigenvalue weighted by molar-refractivity contribution is 5.95. The normalized spacial score (nSPS) is 19.8. The van der Waals surface area contributed by atoms with Gasteiger partial charge in [0.2, 0.25) is 0 Å². The molecule has 0 bridgehead atoms. The van der Waals surface area contributed by atoms with E-state index in [-0.39, 0.29) is 24.2 Å². The topological polar surface area (TPSA) is 40.5 Å². The quantitative estimate of drug-likeness (QED) is 0.802. The molecule has 1 atom stereocenters. The number of nitrogens with zero attached hydrogens (tertiary/aromatic N) is 1. The van der Waals surface area contributed by atoms with Gasteiger partial charge < -0.3 is 5.11 Å². The number of benzene rings is 1. The molecule has 1 unspecified atom stereocenters. The Morgan fingerprint density at radius 1 is 1.37 bits per heavy atom. The van der Waals surface area contributed by atoms with Crippen LogP contribution in [0.4, 0.5) is 4.39 Å². The van der Waals surface area contributed by atoms with Crippen molar-refractivity contribution in [2.75, 3.05) is 19.7 Å². The molecular weight excluding hydrogens is 245 g/mol. The van der Waals surface area contributed by atoms with E-state index in [2.05, 4.69) is 4.90 Å². The summed E-state index contributed by atoms with van der Waals surface area (Å²) in [4.78, 5) is 14.1. The summed E-state index contributed by atoms with van der Waals surface area (Å²) >= 11 is 0. The molecular formula is C15H20FNO2. The minimum absolute atomic E-state index is 0.0553. The van der Waals surface area contributed by atoms with Crippen LogP contribution in [0.5, 0.6) is 0 Å². The molecule has 0 aliphatic carbocycles. The molecule has 1 saturated heterocycles. The lowest BCUT2D eigenvalue weighted by Gasteiger charge is -2.22. The molecule has 19 heavy (non-hydrogen) atoms. The zero-order chi connectivity index (χ0) is 13.7. The highest BCUT2D eigenvalue weighted by atomic mass is 19.1. The summed E-state index contributed by atoms with van der Waals surface area (Å²) in [6.45, 7) is 2.06. The highest BCUT2D eigenvalue weighted by Crippen LogP contribution is 2.17. The number of aliphatic hydroxyl groups is 1. The summed E-state index contributed by atoms with van der Waals surface area (Å²) in [7, 11) is 0. The molecule has 1 aromatic rings. The number of carbonyl (C=O) groups is 1. The molecule has 0 saturated carbocycles. The Labute approximate surface area is 113 Å². The Kier molecular flexibility index (Phi) is 5.05. The molecule has 1 aromatic carbocycles. The predicted molar refractivity (Wildman–Crippen MR) is 71.6 cm³/mol. The number of aliphatic hydroxyl groups excluding tert-OH is 1. The van der Waals surface area contributed by atoms with Crippen LogP contribution in [-0.4, -0.2) is 41.5 Å². The minimum Gasteiger partial charge on any atom is -0.395 e. The number of ketones is 1. The highest BCUT2D eigenvalue weighted by Gasteiger charge is 2.23. The Bertz CT molecular complexity index is 419. The second-order valence-corrected chi connectivity index (χ2v) is 5.05. The van der Waals surface area contributed by atoms with Crippen LogP contribution in [-0.2, 0) is 0 Å². The predicted octanol–water partition coefficient (Wildman–Crippen LogP) is 2.25. The van der Waals surface area contributed by atoms with Gasteiger partial charge in [-0.3, -0.25) is 9.69 Å². The molecule has 0 aromatic heterocycles. The van der Waals surface area contributed by atoms with Crippen LogP contribution in [0.15, 0.2) is 24.3 Å². The first kappa shape index (κ1) is 14.2. The molecule has 104 valence electrons. The Morgan fingerprint density at radius 2 is 2.11 bits per heavy atom. The summed E-state index contributed by atoms with van der Waals surface area (Å²) in [6.07, 6.45) is 3.42. The minimum atomic E-state index is -0.320. The van der Waals surface area contributed by atoms with E-state index < -0.39 is 0 Å². The largest absolute Gasteiger partial charge is 0.395 e. The third-order valence-electron chi connectivity index (χ3n) is 3.73. The third-order valence-corrected chi connectivity index (χ3v) is 3.73. The first-order chi connectivity index (χ1) is 9.20. The van der Waals surface area contributed by atoms with Crippen molar-refractivity contribution in [2.24, 2.45) is 0 Å². The van der Waals surface area contributed by atoms with Crippen LogP contribution >= 0.6 is 0 Å². The van der Waals surface area contributed by atoms with Crippen molar-refractivity contribution in [3.63, 3.8) is 0 Å². The van der Waals surface area contributed by atoms with Crippen LogP contribution in [0, 0.1) is 5.82 Å². The molecule has 1 N–H and O–H groups in total. The van der Waals surface area contributed by atoms with Gasteiger partial charge in [0.05, 0.1) is 6.61 Å². The molecule has 1 aliphatic rings. The molecule has 2 rings (SSSR count). The van der Waals surface area contributed by atoms with Gasteiger partial charge in [0.15, 0.2) is 5.78 Å². The molecule has 4 heteroatoms. The monoisotopic (exact) mass is 265 g/mol. The number of carbonyl (C=O) groups excluding carboxylic acids is 1. The van der Waals surface area contributed by atoms with Crippen LogP contribution < -0.4 is 0 Å². The molecule has 0 spiro atoms. The fourth-order valence-corrected chi connectivity index (χ4v) is 2.62. The summed E-state index contributed by atoms with van der Waals surface area (Å²) in [5, 5.41) is 9.20. The molecule has 1 fully saturated rings. The van der Waals surface area contributed by atoms with Crippen molar-refractivity contribution in [1.82, 2.24) is 4.90 Å². The van der Waals surface area contributed by atoms with Crippen molar-refractivity contribution < 1.29 is 14.3 Å². The number of hydrogen-bond donors (Lipinski definition) is 1. The number of halogens is 1. The maximum absolute atomic E-state index is 12.7. The van der Waals surface area contributed by atoms with Gasteiger partial charge in [0.25, 0.3) is 0 Å². The molecule has 1 aliphatic heterocycles. The van der Waals surface area contributed by atoms with Gasteiger partial charge in [-0.25, -0.2) is 4.39 Å². The summed E-state index contributed by atoms with van der Waals surface area (Å²) < 4.78 is 12.7. The summed E-state index contributed by atoms with van der Waals surface area (Å²) in [6, 6.07) is 5.96. The smallest absolute Gasteiger partial charge is 0.162 e. The standard InChI is InChI=1S/C15H20FNO2/c16-13-7-5-12(6-8-13)15(19)4-2-10-17-9-1-3-14(17)11-18/h5-8,14,18H,1-4,9-11H2. The van der Waals surface area contributed by atoms with E-state index >= 15 is 0 Å². The van der Waals surface area contributed by atoms with E-state index in [1.54, 1.807) is 0 Å². The SMILES string of the molecule is O=C(CCCN1CCCC1CO)c1ccc(F)cc1. The number of hydrogen-bond acceptors (Lipinski definition) is 3. The third kappa shape index (κ3) is 3.85. The molecule has 0 amide bonds. The Morgan fingerprint density at radius 3 is 2.79 bits per heavy atom. The molecule has 0 radical (unpaired) electrons. The van der Waals surface area contributed by atoms with E-state index in [4.69, 9.17) is 0 Å². The summed E-state index contributed by atoms with van der Waals surface area (Å²) in [5.41, 5.74) is 0.571. The Balaban J connectivity index is 1.76. The van der Waals surface area contributed by atoms with E-state index in [1.165, 1.54) is 24.3 Å². The van der Waals surface area contributed by atoms with Gasteiger partial charge in [-0.15, -0.1) is 0 Å². The van der Waals surface area contributed by atoms with Gasteiger partial charge in [0.1, 0.15) is 5.82 Å². The zero-order valence-electron chi connectivity index (χ0n) is 11.0. The van der Waals surface area contributed by atoms with Gasteiger partial charge in [-0.05, 0) is 56.6 Å². The van der Waals surface area contributed by atoms with E-state index in [1.807, 2.05) is 0 Å². The molecule has 1 heterocycles. The first-order valence-corrected chi connectivity index (χ1v) is 6.84. The number of Topliss-reactive ketones (excluding diaryl/α,β-unsaturated/α-hetero) is 1. The van der Waals surface area contributed by atoms with Gasteiger partial charge in [-0.2, -0.15) is 0 Å². The van der Waals surface area contributed by atoms with Gasteiger partial charge in [0, 0.05) is 18.0 Å². The fraction of sp³-hybridized carbons (Fsp3) is 0.533. The van der Waals surface area contributed by atoms with Crippen LogP contribution in [0.25, 0.3) is 0 Å². The first-order valence-electron chi connectivity index (χ1n) is 6.84. The second-order valence-electron chi connectivity index (χ2n) is 5.05. The lowest BCUT2D eigenvalue weighted by atomic mass is 10.1. The number of rotatable bonds is 6. The van der Waals surface area contributed by atoms with Crippen molar-refractivity contribution in [2.45, 2.75) is 31.7 Å². The lowest BCUT2D eigenvalue weighted by Crippen LogP contribution is -2.33. The van der Waals surface area contributed by atoms with Crippen LogP contribution in [0.2, 0.25) is 0 Å². The maximum atomic E-state index is 12.7. The van der Waals surface area contributed by atoms with Crippen LogP contribution in [0.1, 0.15) is 36.0 Å². The van der Waals surface area contributed by atoms with Crippen LogP contribution in [0.3, 0.4) is 0 Å². The molecule has 3 nitrogen and oxygen atoms in total. The van der Waals surface area contributed by atoms with E-state index in [0.29, 0.717) is 12.0 Å². The van der Waals surface area contributed by atoms with Crippen molar-refractivity contribution >= 4 is 5.78 Å². The maximum Gasteiger partial charge on any atom is 0.162 e. The van der Waals surface area contributed by atoms with Gasteiger partial charge in [-0.1, -0.05) is 0 Å². The fourth-order valence-electron chi connectivity index (χ4n) is 2.62. The average Bonchev–Trinajstić information content (AvgIpc) is 2.87.